The highest BCUT2D eigenvalue weighted by molar-refractivity contribution is 7.86. The molecule has 8 nitrogen and oxygen atoms in total. The van der Waals surface area contributed by atoms with Crippen LogP contribution in [0.3, 0.4) is 0 Å². The van der Waals surface area contributed by atoms with Crippen LogP contribution in [-0.4, -0.2) is 67.4 Å². The van der Waals surface area contributed by atoms with Gasteiger partial charge in [0.15, 0.2) is 0 Å². The van der Waals surface area contributed by atoms with E-state index >= 15 is 0 Å². The summed E-state index contributed by atoms with van der Waals surface area (Å²) in [5, 5.41) is 9.60. The summed E-state index contributed by atoms with van der Waals surface area (Å²) in [6.45, 7) is 0.879. The van der Waals surface area contributed by atoms with E-state index in [1.54, 1.807) is 0 Å². The first kappa shape index (κ1) is 17.6. The van der Waals surface area contributed by atoms with Crippen molar-refractivity contribution in [3.05, 3.63) is 0 Å². The fourth-order valence-corrected chi connectivity index (χ4v) is 6.18. The Morgan fingerprint density at radius 3 is 2.38 bits per heavy atom. The van der Waals surface area contributed by atoms with Crippen LogP contribution in [0.2, 0.25) is 0 Å². The van der Waals surface area contributed by atoms with Crippen LogP contribution in [0.4, 0.5) is 0 Å². The monoisotopic (exact) mass is 360 g/mol. The minimum absolute atomic E-state index is 0.0618. The lowest BCUT2D eigenvalue weighted by Gasteiger charge is -2.33. The molecule has 2 heterocycles. The van der Waals surface area contributed by atoms with E-state index in [1.807, 2.05) is 0 Å². The minimum atomic E-state index is -3.68. The molecule has 0 aromatic carbocycles. The van der Waals surface area contributed by atoms with Gasteiger partial charge in [-0.1, -0.05) is 6.42 Å². The number of ether oxygens (including phenoxy) is 1. The van der Waals surface area contributed by atoms with Crippen molar-refractivity contribution in [1.82, 2.24) is 8.61 Å². The van der Waals surface area contributed by atoms with Gasteiger partial charge in [0.1, 0.15) is 0 Å². The van der Waals surface area contributed by atoms with Gasteiger partial charge >= 0.3 is 11.9 Å². The van der Waals surface area contributed by atoms with Crippen molar-refractivity contribution in [2.45, 2.75) is 32.1 Å². The Kier molecular flexibility index (Phi) is 4.61. The zero-order valence-corrected chi connectivity index (χ0v) is 14.6. The normalized spacial score (nSPS) is 32.6. The molecule has 2 saturated heterocycles. The van der Waals surface area contributed by atoms with E-state index in [0.29, 0.717) is 19.3 Å². The summed E-state index contributed by atoms with van der Waals surface area (Å²) in [4.78, 5) is 23.3. The van der Waals surface area contributed by atoms with Crippen molar-refractivity contribution in [1.29, 1.82) is 0 Å². The number of nitrogens with zero attached hydrogens (tertiary/aromatic N) is 2. The van der Waals surface area contributed by atoms with Crippen LogP contribution in [0.1, 0.15) is 32.1 Å². The highest BCUT2D eigenvalue weighted by Gasteiger charge is 2.57. The number of carbonyl (C=O) groups excluding carboxylic acids is 1. The predicted molar refractivity (Wildman–Crippen MR) is 84.2 cm³/mol. The van der Waals surface area contributed by atoms with Crippen LogP contribution in [-0.2, 0) is 24.5 Å². The number of carboxylic acids is 1. The number of carboxylic acid groups (broad SMARTS) is 1. The molecule has 0 radical (unpaired) electrons. The number of hydrogen-bond donors (Lipinski definition) is 1. The van der Waals surface area contributed by atoms with Crippen molar-refractivity contribution in [2.75, 3.05) is 33.3 Å². The second-order valence-corrected chi connectivity index (χ2v) is 8.98. The fraction of sp³-hybridized carbons (Fsp3) is 0.867. The van der Waals surface area contributed by atoms with Gasteiger partial charge in [-0.25, -0.2) is 0 Å². The Bertz CT molecular complexity index is 628. The molecule has 3 fully saturated rings. The molecule has 1 saturated carbocycles. The minimum Gasteiger partial charge on any atom is -0.481 e. The summed E-state index contributed by atoms with van der Waals surface area (Å²) >= 11 is 0. The molecule has 0 amide bonds. The van der Waals surface area contributed by atoms with Crippen molar-refractivity contribution in [3.8, 4) is 0 Å². The molecule has 1 N–H and O–H groups in total. The lowest BCUT2D eigenvalue weighted by Crippen LogP contribution is -2.48. The topological polar surface area (TPSA) is 104 Å². The zero-order chi connectivity index (χ0) is 17.5. The highest BCUT2D eigenvalue weighted by Crippen LogP contribution is 2.49. The highest BCUT2D eigenvalue weighted by atomic mass is 32.2. The Morgan fingerprint density at radius 2 is 1.83 bits per heavy atom. The van der Waals surface area contributed by atoms with Gasteiger partial charge in [-0.15, -0.1) is 0 Å². The second kappa shape index (κ2) is 6.27. The first-order chi connectivity index (χ1) is 11.3. The summed E-state index contributed by atoms with van der Waals surface area (Å²) in [5.41, 5.74) is -0.919. The molecule has 1 aliphatic carbocycles. The van der Waals surface area contributed by atoms with Crippen LogP contribution in [0.15, 0.2) is 0 Å². The van der Waals surface area contributed by atoms with Crippen LogP contribution in [0.25, 0.3) is 0 Å². The molecule has 0 bridgehead atoms. The maximum atomic E-state index is 12.9. The van der Waals surface area contributed by atoms with Gasteiger partial charge in [-0.2, -0.15) is 17.0 Å². The maximum Gasteiger partial charge on any atom is 0.311 e. The summed E-state index contributed by atoms with van der Waals surface area (Å²) in [7, 11) is -2.35. The van der Waals surface area contributed by atoms with Crippen molar-refractivity contribution < 1.29 is 27.9 Å². The van der Waals surface area contributed by atoms with E-state index < -0.39 is 21.6 Å². The molecule has 9 heteroatoms. The van der Waals surface area contributed by atoms with Crippen molar-refractivity contribution in [3.63, 3.8) is 0 Å². The zero-order valence-electron chi connectivity index (χ0n) is 13.8. The number of hydrogen-bond acceptors (Lipinski definition) is 5. The quantitative estimate of drug-likeness (QED) is 0.723. The predicted octanol–water partition coefficient (Wildman–Crippen LogP) is 0.303. The number of fused-ring (bicyclic) bond motifs is 1. The van der Waals surface area contributed by atoms with Gasteiger partial charge in [0.25, 0.3) is 10.2 Å². The molecule has 2 atom stereocenters. The van der Waals surface area contributed by atoms with E-state index in [1.165, 1.54) is 15.7 Å². The van der Waals surface area contributed by atoms with Crippen molar-refractivity contribution >= 4 is 22.1 Å². The average molecular weight is 360 g/mol. The standard InChI is InChI=1S/C15H24N2O6S/c1-23-13(18)11-4-7-16(8-5-11)24(21,22)17-9-12-3-2-6-15(12,10-17)14(19)20/h11-12H,2-10H2,1H3,(H,19,20)/t12-,15+/m0/s1. The maximum absolute atomic E-state index is 12.9. The largest absolute Gasteiger partial charge is 0.481 e. The molecule has 2 aliphatic heterocycles. The van der Waals surface area contributed by atoms with Crippen molar-refractivity contribution in [2.24, 2.45) is 17.3 Å². The number of methoxy groups -OCH3 is 1. The van der Waals surface area contributed by atoms with Gasteiger partial charge in [0.2, 0.25) is 0 Å². The third-order valence-electron chi connectivity index (χ3n) is 5.91. The smallest absolute Gasteiger partial charge is 0.311 e. The Balaban J connectivity index is 1.69. The van der Waals surface area contributed by atoms with Gasteiger partial charge in [-0.05, 0) is 31.6 Å². The molecule has 3 rings (SSSR count). The first-order valence-electron chi connectivity index (χ1n) is 8.38. The van der Waals surface area contributed by atoms with Crippen LogP contribution >= 0.6 is 0 Å². The number of carbonyl (C=O) groups is 2. The molecule has 3 aliphatic rings. The lowest BCUT2D eigenvalue weighted by molar-refractivity contribution is -0.149. The van der Waals surface area contributed by atoms with Gasteiger partial charge in [0.05, 0.1) is 18.4 Å². The third-order valence-corrected chi connectivity index (χ3v) is 7.85. The van der Waals surface area contributed by atoms with E-state index in [-0.39, 0.29) is 44.0 Å². The number of esters is 1. The Hall–Kier alpha value is -1.19. The Labute approximate surface area is 141 Å². The van der Waals surface area contributed by atoms with E-state index in [0.717, 1.165) is 12.8 Å². The van der Waals surface area contributed by atoms with Gasteiger partial charge in [-0.3, -0.25) is 9.59 Å². The molecule has 0 spiro atoms. The summed E-state index contributed by atoms with van der Waals surface area (Å²) < 4.78 is 33.2. The van der Waals surface area contributed by atoms with E-state index in [2.05, 4.69) is 0 Å². The molecule has 0 aromatic heterocycles. The number of rotatable bonds is 4. The fourth-order valence-electron chi connectivity index (χ4n) is 4.42. The van der Waals surface area contributed by atoms with Crippen LogP contribution < -0.4 is 0 Å². The molecule has 0 aromatic rings. The van der Waals surface area contributed by atoms with E-state index in [9.17, 15) is 23.1 Å². The molecular formula is C15H24N2O6S. The summed E-state index contributed by atoms with van der Waals surface area (Å²) in [5.74, 6) is -1.54. The molecule has 24 heavy (non-hydrogen) atoms. The Morgan fingerprint density at radius 1 is 1.17 bits per heavy atom. The molecular weight excluding hydrogens is 336 g/mol. The molecule has 0 unspecified atom stereocenters. The summed E-state index contributed by atoms with van der Waals surface area (Å²) in [6.07, 6.45) is 3.03. The molecule has 136 valence electrons. The third kappa shape index (κ3) is 2.72. The lowest BCUT2D eigenvalue weighted by atomic mass is 9.81. The van der Waals surface area contributed by atoms with Crippen LogP contribution in [0.5, 0.6) is 0 Å². The average Bonchev–Trinajstić information content (AvgIpc) is 3.13. The first-order valence-corrected chi connectivity index (χ1v) is 9.77. The second-order valence-electron chi connectivity index (χ2n) is 7.05. The SMILES string of the molecule is COC(=O)C1CCN(S(=O)(=O)N2C[C@@H]3CCC[C@@]3(C(=O)O)C2)CC1. The van der Waals surface area contributed by atoms with Gasteiger partial charge in [0, 0.05) is 26.2 Å². The summed E-state index contributed by atoms with van der Waals surface area (Å²) in [6, 6.07) is 0. The van der Waals surface area contributed by atoms with E-state index in [4.69, 9.17) is 4.74 Å². The number of piperidine rings is 1. The van der Waals surface area contributed by atoms with Gasteiger partial charge < -0.3 is 9.84 Å². The van der Waals surface area contributed by atoms with Crippen LogP contribution in [0, 0.1) is 17.3 Å². The number of aliphatic carboxylic acids is 1.